The Kier molecular flexibility index (Phi) is 3.53. The summed E-state index contributed by atoms with van der Waals surface area (Å²) in [6.07, 6.45) is 9.06. The van der Waals surface area contributed by atoms with Crippen LogP contribution in [0.1, 0.15) is 58.3 Å². The van der Waals surface area contributed by atoms with Crippen LogP contribution in [0.2, 0.25) is 0 Å². The summed E-state index contributed by atoms with van der Waals surface area (Å²) in [5.74, 6) is -0.0794. The fourth-order valence-electron chi connectivity index (χ4n) is 3.30. The molecule has 0 amide bonds. The van der Waals surface area contributed by atoms with Crippen molar-refractivity contribution in [3.63, 3.8) is 0 Å². The molecule has 2 N–H and O–H groups in total. The van der Waals surface area contributed by atoms with E-state index in [1.807, 2.05) is 0 Å². The Morgan fingerprint density at radius 1 is 1.19 bits per heavy atom. The van der Waals surface area contributed by atoms with Crippen LogP contribution in [0.15, 0.2) is 0 Å². The van der Waals surface area contributed by atoms with Gasteiger partial charge in [-0.05, 0) is 31.6 Å². The summed E-state index contributed by atoms with van der Waals surface area (Å²) in [5, 5.41) is 12.8. The largest absolute Gasteiger partial charge is 0.480 e. The molecule has 0 heterocycles. The number of hydrogen-bond donors (Lipinski definition) is 2. The van der Waals surface area contributed by atoms with E-state index in [9.17, 15) is 9.90 Å². The molecule has 2 rings (SSSR count). The van der Waals surface area contributed by atoms with Crippen LogP contribution in [-0.4, -0.2) is 22.7 Å². The lowest BCUT2D eigenvalue weighted by Crippen LogP contribution is -2.62. The van der Waals surface area contributed by atoms with E-state index in [2.05, 4.69) is 12.2 Å². The van der Waals surface area contributed by atoms with E-state index in [4.69, 9.17) is 0 Å². The first kappa shape index (κ1) is 11.9. The van der Waals surface area contributed by atoms with Crippen molar-refractivity contribution in [2.75, 3.05) is 0 Å². The molecule has 0 atom stereocenters. The first-order valence-corrected chi connectivity index (χ1v) is 6.63. The first-order chi connectivity index (χ1) is 7.62. The van der Waals surface area contributed by atoms with Crippen LogP contribution in [0.25, 0.3) is 0 Å². The Labute approximate surface area is 97.6 Å². The predicted molar refractivity (Wildman–Crippen MR) is 63.4 cm³/mol. The van der Waals surface area contributed by atoms with Crippen LogP contribution in [0, 0.1) is 5.92 Å². The molecule has 0 aliphatic heterocycles. The minimum Gasteiger partial charge on any atom is -0.480 e. The van der Waals surface area contributed by atoms with E-state index in [0.29, 0.717) is 12.0 Å². The second-order valence-corrected chi connectivity index (χ2v) is 5.73. The van der Waals surface area contributed by atoms with Crippen molar-refractivity contribution in [2.24, 2.45) is 5.92 Å². The zero-order chi connectivity index (χ0) is 11.6. The highest BCUT2D eigenvalue weighted by Gasteiger charge is 2.49. The molecule has 0 aromatic heterocycles. The fraction of sp³-hybridized carbons (Fsp3) is 0.923. The van der Waals surface area contributed by atoms with Gasteiger partial charge >= 0.3 is 5.97 Å². The van der Waals surface area contributed by atoms with Crippen LogP contribution in [0.5, 0.6) is 0 Å². The quantitative estimate of drug-likeness (QED) is 0.726. The van der Waals surface area contributed by atoms with E-state index < -0.39 is 11.5 Å². The number of carboxylic acids is 1. The highest BCUT2D eigenvalue weighted by molar-refractivity contribution is 5.80. The molecule has 0 saturated heterocycles. The average Bonchev–Trinajstić information content (AvgIpc) is 2.43. The Morgan fingerprint density at radius 3 is 2.19 bits per heavy atom. The van der Waals surface area contributed by atoms with Crippen LogP contribution >= 0.6 is 0 Å². The van der Waals surface area contributed by atoms with Crippen molar-refractivity contribution >= 4 is 5.97 Å². The Morgan fingerprint density at radius 2 is 1.75 bits per heavy atom. The SMILES string of the molecule is CC1CC(NC2CCCCCC2)(C(=O)O)C1. The molecular weight excluding hydrogens is 202 g/mol. The lowest BCUT2D eigenvalue weighted by Gasteiger charge is -2.45. The molecule has 2 aliphatic rings. The van der Waals surface area contributed by atoms with Gasteiger partial charge in [0.25, 0.3) is 0 Å². The van der Waals surface area contributed by atoms with E-state index in [1.54, 1.807) is 0 Å². The maximum absolute atomic E-state index is 11.3. The molecule has 0 aromatic rings. The smallest absolute Gasteiger partial charge is 0.323 e. The summed E-state index contributed by atoms with van der Waals surface area (Å²) in [7, 11) is 0. The number of nitrogens with one attached hydrogen (secondary N) is 1. The Bertz CT molecular complexity index is 251. The lowest BCUT2D eigenvalue weighted by molar-refractivity contribution is -0.151. The number of hydrogen-bond acceptors (Lipinski definition) is 2. The summed E-state index contributed by atoms with van der Waals surface area (Å²) >= 11 is 0. The van der Waals surface area contributed by atoms with Gasteiger partial charge in [-0.2, -0.15) is 0 Å². The lowest BCUT2D eigenvalue weighted by atomic mass is 9.68. The van der Waals surface area contributed by atoms with E-state index in [1.165, 1.54) is 25.7 Å². The normalized spacial score (nSPS) is 36.4. The molecule has 0 unspecified atom stereocenters. The van der Waals surface area contributed by atoms with Crippen molar-refractivity contribution in [3.05, 3.63) is 0 Å². The minimum absolute atomic E-state index is 0.436. The number of carbonyl (C=O) groups is 1. The zero-order valence-corrected chi connectivity index (χ0v) is 10.2. The highest BCUT2D eigenvalue weighted by Crippen LogP contribution is 2.39. The average molecular weight is 225 g/mol. The Balaban J connectivity index is 1.92. The van der Waals surface area contributed by atoms with Gasteiger partial charge < -0.3 is 5.11 Å². The van der Waals surface area contributed by atoms with Gasteiger partial charge in [0.15, 0.2) is 0 Å². The molecular formula is C13H23NO2. The van der Waals surface area contributed by atoms with Crippen molar-refractivity contribution in [2.45, 2.75) is 69.9 Å². The third-order valence-electron chi connectivity index (χ3n) is 4.14. The van der Waals surface area contributed by atoms with Gasteiger partial charge in [-0.25, -0.2) is 0 Å². The maximum Gasteiger partial charge on any atom is 0.323 e. The number of aliphatic carboxylic acids is 1. The van der Waals surface area contributed by atoms with Gasteiger partial charge in [0, 0.05) is 6.04 Å². The standard InChI is InChI=1S/C13H23NO2/c1-10-8-13(9-10,12(15)16)14-11-6-4-2-3-5-7-11/h10-11,14H,2-9H2,1H3,(H,15,16). The monoisotopic (exact) mass is 225 g/mol. The molecule has 2 saturated carbocycles. The molecule has 92 valence electrons. The van der Waals surface area contributed by atoms with Gasteiger partial charge in [-0.1, -0.05) is 32.6 Å². The van der Waals surface area contributed by atoms with E-state index in [-0.39, 0.29) is 0 Å². The third kappa shape index (κ3) is 2.40. The summed E-state index contributed by atoms with van der Waals surface area (Å²) < 4.78 is 0. The summed E-state index contributed by atoms with van der Waals surface area (Å²) in [6, 6.07) is 0.436. The van der Waals surface area contributed by atoms with Gasteiger partial charge in [0.05, 0.1) is 0 Å². The topological polar surface area (TPSA) is 49.3 Å². The first-order valence-electron chi connectivity index (χ1n) is 6.63. The van der Waals surface area contributed by atoms with E-state index >= 15 is 0 Å². The molecule has 3 nitrogen and oxygen atoms in total. The third-order valence-corrected chi connectivity index (χ3v) is 4.14. The van der Waals surface area contributed by atoms with E-state index in [0.717, 1.165) is 25.7 Å². The fourth-order valence-corrected chi connectivity index (χ4v) is 3.30. The summed E-state index contributed by atoms with van der Waals surface area (Å²) in [5.41, 5.74) is -0.589. The molecule has 0 radical (unpaired) electrons. The van der Waals surface area contributed by atoms with Crippen molar-refractivity contribution in [1.82, 2.24) is 5.32 Å². The van der Waals surface area contributed by atoms with Gasteiger partial charge in [0.1, 0.15) is 5.54 Å². The highest BCUT2D eigenvalue weighted by atomic mass is 16.4. The van der Waals surface area contributed by atoms with Crippen LogP contribution < -0.4 is 5.32 Å². The van der Waals surface area contributed by atoms with Crippen molar-refractivity contribution < 1.29 is 9.90 Å². The van der Waals surface area contributed by atoms with Crippen molar-refractivity contribution in [3.8, 4) is 0 Å². The molecule has 0 spiro atoms. The summed E-state index contributed by atoms with van der Waals surface area (Å²) in [4.78, 5) is 11.3. The Hall–Kier alpha value is -0.570. The maximum atomic E-state index is 11.3. The summed E-state index contributed by atoms with van der Waals surface area (Å²) in [6.45, 7) is 2.13. The second kappa shape index (κ2) is 4.74. The molecule has 0 bridgehead atoms. The zero-order valence-electron chi connectivity index (χ0n) is 10.2. The van der Waals surface area contributed by atoms with Crippen LogP contribution in [0.4, 0.5) is 0 Å². The van der Waals surface area contributed by atoms with Crippen LogP contribution in [-0.2, 0) is 4.79 Å². The molecule has 2 fully saturated rings. The number of carboxylic acid groups (broad SMARTS) is 1. The molecule has 0 aromatic carbocycles. The molecule has 16 heavy (non-hydrogen) atoms. The van der Waals surface area contributed by atoms with Crippen molar-refractivity contribution in [1.29, 1.82) is 0 Å². The second-order valence-electron chi connectivity index (χ2n) is 5.73. The molecule has 2 aliphatic carbocycles. The predicted octanol–water partition coefficient (Wildman–Crippen LogP) is 2.55. The van der Waals surface area contributed by atoms with Gasteiger partial charge in [-0.3, -0.25) is 10.1 Å². The minimum atomic E-state index is -0.644. The molecule has 3 heteroatoms. The van der Waals surface area contributed by atoms with Gasteiger partial charge in [-0.15, -0.1) is 0 Å². The number of rotatable bonds is 3. The van der Waals surface area contributed by atoms with Gasteiger partial charge in [0.2, 0.25) is 0 Å². The van der Waals surface area contributed by atoms with Crippen LogP contribution in [0.3, 0.4) is 0 Å².